The van der Waals surface area contributed by atoms with E-state index in [0.29, 0.717) is 0 Å². The van der Waals surface area contributed by atoms with E-state index in [0.717, 1.165) is 6.42 Å². The second-order valence-electron chi connectivity index (χ2n) is 4.33. The maximum atomic E-state index is 11.1. The minimum Gasteiger partial charge on any atom is -0.481 e. The van der Waals surface area contributed by atoms with E-state index in [1.54, 1.807) is 6.92 Å². The van der Waals surface area contributed by atoms with Gasteiger partial charge in [-0.05, 0) is 24.7 Å². The summed E-state index contributed by atoms with van der Waals surface area (Å²) < 4.78 is 0. The molecule has 13 heavy (non-hydrogen) atoms. The predicted molar refractivity (Wildman–Crippen MR) is 48.3 cm³/mol. The number of aliphatic carboxylic acids is 1. The normalized spacial score (nSPS) is 31.8. The summed E-state index contributed by atoms with van der Waals surface area (Å²) >= 11 is 0. The number of carboxylic acid groups (broad SMARTS) is 1. The van der Waals surface area contributed by atoms with Crippen molar-refractivity contribution in [2.24, 2.45) is 17.3 Å². The van der Waals surface area contributed by atoms with E-state index in [1.165, 1.54) is 0 Å². The zero-order valence-corrected chi connectivity index (χ0v) is 8.33. The van der Waals surface area contributed by atoms with E-state index in [4.69, 9.17) is 5.11 Å². The van der Waals surface area contributed by atoms with Crippen molar-refractivity contribution in [2.75, 3.05) is 0 Å². The van der Waals surface area contributed by atoms with Crippen LogP contribution in [0.4, 0.5) is 0 Å². The van der Waals surface area contributed by atoms with Crippen molar-refractivity contribution in [3.8, 4) is 0 Å². The van der Waals surface area contributed by atoms with Crippen molar-refractivity contribution in [3.63, 3.8) is 0 Å². The van der Waals surface area contributed by atoms with Crippen molar-refractivity contribution >= 4 is 11.8 Å². The Morgan fingerprint density at radius 2 is 2.08 bits per heavy atom. The van der Waals surface area contributed by atoms with Crippen LogP contribution in [0.15, 0.2) is 0 Å². The van der Waals surface area contributed by atoms with Gasteiger partial charge in [0.15, 0.2) is 0 Å². The first-order valence-electron chi connectivity index (χ1n) is 4.62. The van der Waals surface area contributed by atoms with Crippen LogP contribution in [0.3, 0.4) is 0 Å². The number of carbonyl (C=O) groups excluding carboxylic acids is 1. The largest absolute Gasteiger partial charge is 0.481 e. The van der Waals surface area contributed by atoms with Gasteiger partial charge < -0.3 is 5.11 Å². The number of carbonyl (C=O) groups is 2. The minimum atomic E-state index is -0.794. The van der Waals surface area contributed by atoms with Crippen molar-refractivity contribution in [2.45, 2.75) is 33.6 Å². The molecule has 0 bridgehead atoms. The first-order chi connectivity index (χ1) is 5.90. The van der Waals surface area contributed by atoms with E-state index in [-0.39, 0.29) is 29.5 Å². The Kier molecular flexibility index (Phi) is 2.46. The molecule has 74 valence electrons. The lowest BCUT2D eigenvalue weighted by Gasteiger charge is -2.18. The Morgan fingerprint density at radius 3 is 2.31 bits per heavy atom. The highest BCUT2D eigenvalue weighted by Gasteiger charge is 2.59. The van der Waals surface area contributed by atoms with Crippen LogP contribution in [0.1, 0.15) is 33.6 Å². The molecule has 1 saturated carbocycles. The molecular formula is C10H16O3. The van der Waals surface area contributed by atoms with Gasteiger partial charge in [-0.1, -0.05) is 13.8 Å². The Balaban J connectivity index is 2.71. The molecule has 0 aromatic carbocycles. The molecule has 3 nitrogen and oxygen atoms in total. The summed E-state index contributed by atoms with van der Waals surface area (Å²) in [5.41, 5.74) is -0.238. The van der Waals surface area contributed by atoms with Crippen LogP contribution in [0, 0.1) is 17.3 Å². The molecule has 0 unspecified atom stereocenters. The zero-order chi connectivity index (χ0) is 10.2. The van der Waals surface area contributed by atoms with Gasteiger partial charge in [0.2, 0.25) is 0 Å². The molecule has 0 heterocycles. The summed E-state index contributed by atoms with van der Waals surface area (Å²) in [5, 5.41) is 8.73. The number of hydrogen-bond acceptors (Lipinski definition) is 2. The molecule has 2 atom stereocenters. The van der Waals surface area contributed by atoms with Crippen LogP contribution in [-0.2, 0) is 9.59 Å². The summed E-state index contributed by atoms with van der Waals surface area (Å²) in [4.78, 5) is 21.7. The average Bonchev–Trinajstić information content (AvgIpc) is 2.62. The number of rotatable bonds is 4. The Labute approximate surface area is 78.1 Å². The van der Waals surface area contributed by atoms with Gasteiger partial charge in [0.1, 0.15) is 5.78 Å². The highest BCUT2D eigenvalue weighted by Crippen LogP contribution is 2.60. The monoisotopic (exact) mass is 184 g/mol. The molecule has 0 aliphatic heterocycles. The lowest BCUT2D eigenvalue weighted by atomic mass is 9.86. The number of ketones is 1. The van der Waals surface area contributed by atoms with E-state index >= 15 is 0 Å². The molecule has 0 amide bonds. The molecule has 1 aliphatic carbocycles. The third kappa shape index (κ3) is 1.74. The highest BCUT2D eigenvalue weighted by atomic mass is 16.4. The van der Waals surface area contributed by atoms with Gasteiger partial charge in [-0.25, -0.2) is 0 Å². The Hall–Kier alpha value is -0.860. The van der Waals surface area contributed by atoms with Gasteiger partial charge in [-0.2, -0.15) is 0 Å². The Morgan fingerprint density at radius 1 is 1.54 bits per heavy atom. The molecule has 0 saturated heterocycles. The van der Waals surface area contributed by atoms with Crippen LogP contribution in [0.25, 0.3) is 0 Å². The van der Waals surface area contributed by atoms with Crippen LogP contribution >= 0.6 is 0 Å². The van der Waals surface area contributed by atoms with Crippen LogP contribution in [-0.4, -0.2) is 16.9 Å². The standard InChI is InChI=1S/C10H16O3/c1-6(2)10(5-9(12)13)4-8(10)7(3)11/h6,8H,4-5H2,1-3H3,(H,12,13)/t8-,10+/m0/s1. The molecule has 1 fully saturated rings. The van der Waals surface area contributed by atoms with Gasteiger partial charge in [-0.3, -0.25) is 9.59 Å². The predicted octanol–water partition coefficient (Wildman–Crippen LogP) is 1.71. The van der Waals surface area contributed by atoms with E-state index in [2.05, 4.69) is 0 Å². The van der Waals surface area contributed by atoms with Crippen LogP contribution < -0.4 is 0 Å². The van der Waals surface area contributed by atoms with Crippen molar-refractivity contribution < 1.29 is 14.7 Å². The van der Waals surface area contributed by atoms with Crippen LogP contribution in [0.2, 0.25) is 0 Å². The fourth-order valence-electron chi connectivity index (χ4n) is 2.19. The number of carboxylic acids is 1. The van der Waals surface area contributed by atoms with Gasteiger partial charge in [0.05, 0.1) is 6.42 Å². The molecule has 1 rings (SSSR count). The quantitative estimate of drug-likeness (QED) is 0.723. The molecule has 0 aromatic rings. The first kappa shape index (κ1) is 10.2. The van der Waals surface area contributed by atoms with Crippen LogP contribution in [0.5, 0.6) is 0 Å². The summed E-state index contributed by atoms with van der Waals surface area (Å²) in [5.74, 6) is -0.395. The molecule has 3 heteroatoms. The molecular weight excluding hydrogens is 168 g/mol. The third-order valence-electron chi connectivity index (χ3n) is 3.24. The van der Waals surface area contributed by atoms with Gasteiger partial charge >= 0.3 is 5.97 Å². The van der Waals surface area contributed by atoms with Gasteiger partial charge in [0, 0.05) is 5.92 Å². The average molecular weight is 184 g/mol. The molecule has 1 N–H and O–H groups in total. The summed E-state index contributed by atoms with van der Waals surface area (Å²) in [7, 11) is 0. The third-order valence-corrected chi connectivity index (χ3v) is 3.24. The van der Waals surface area contributed by atoms with Crippen molar-refractivity contribution in [1.29, 1.82) is 0 Å². The molecule has 0 spiro atoms. The summed E-state index contributed by atoms with van der Waals surface area (Å²) in [6.07, 6.45) is 0.890. The fraction of sp³-hybridized carbons (Fsp3) is 0.800. The second-order valence-corrected chi connectivity index (χ2v) is 4.33. The number of hydrogen-bond donors (Lipinski definition) is 1. The fourth-order valence-corrected chi connectivity index (χ4v) is 2.19. The molecule has 0 radical (unpaired) electrons. The lowest BCUT2D eigenvalue weighted by Crippen LogP contribution is -2.19. The van der Waals surface area contributed by atoms with E-state index in [1.807, 2.05) is 13.8 Å². The lowest BCUT2D eigenvalue weighted by molar-refractivity contribution is -0.139. The Bertz CT molecular complexity index is 245. The number of Topliss-reactive ketones (excluding diaryl/α,β-unsaturated/α-hetero) is 1. The second kappa shape index (κ2) is 3.13. The smallest absolute Gasteiger partial charge is 0.303 e. The topological polar surface area (TPSA) is 54.4 Å². The summed E-state index contributed by atoms with van der Waals surface area (Å²) in [6, 6.07) is 0. The van der Waals surface area contributed by atoms with E-state index < -0.39 is 5.97 Å². The maximum Gasteiger partial charge on any atom is 0.303 e. The van der Waals surface area contributed by atoms with Crippen molar-refractivity contribution in [1.82, 2.24) is 0 Å². The molecule has 1 aliphatic rings. The first-order valence-corrected chi connectivity index (χ1v) is 4.62. The maximum absolute atomic E-state index is 11.1. The SMILES string of the molecule is CC(=O)[C@@H]1C[C@@]1(CC(=O)O)C(C)C. The highest BCUT2D eigenvalue weighted by molar-refractivity contribution is 5.84. The minimum absolute atomic E-state index is 0.0106. The van der Waals surface area contributed by atoms with Gasteiger partial charge in [0.25, 0.3) is 0 Å². The zero-order valence-electron chi connectivity index (χ0n) is 8.33. The van der Waals surface area contributed by atoms with Crippen molar-refractivity contribution in [3.05, 3.63) is 0 Å². The molecule has 0 aromatic heterocycles. The van der Waals surface area contributed by atoms with E-state index in [9.17, 15) is 9.59 Å². The summed E-state index contributed by atoms with van der Waals surface area (Å²) in [6.45, 7) is 5.54. The van der Waals surface area contributed by atoms with Gasteiger partial charge in [-0.15, -0.1) is 0 Å².